The molecule has 0 amide bonds. The molecule has 3 heterocycles. The summed E-state index contributed by atoms with van der Waals surface area (Å²) in [7, 11) is 0. The van der Waals surface area contributed by atoms with Crippen molar-refractivity contribution < 1.29 is 0 Å². The first-order valence-electron chi connectivity index (χ1n) is 5.30. The normalized spacial score (nSPS) is 35.9. The Bertz CT molecular complexity index is 298. The van der Waals surface area contributed by atoms with Crippen LogP contribution in [0.3, 0.4) is 0 Å². The van der Waals surface area contributed by atoms with E-state index in [1.54, 1.807) is 11.3 Å². The van der Waals surface area contributed by atoms with Crippen LogP contribution in [0, 0.1) is 5.92 Å². The minimum absolute atomic E-state index is 0.667. The summed E-state index contributed by atoms with van der Waals surface area (Å²) in [6.45, 7) is 3.86. The molecule has 1 N–H and O–H groups in total. The number of thiazole rings is 1. The molecule has 76 valence electrons. The zero-order valence-corrected chi connectivity index (χ0v) is 8.96. The lowest BCUT2D eigenvalue weighted by Crippen LogP contribution is -2.39. The molecule has 0 aliphatic carbocycles. The largest absolute Gasteiger partial charge is 0.358 e. The maximum absolute atomic E-state index is 4.29. The van der Waals surface area contributed by atoms with Gasteiger partial charge in [0.05, 0.1) is 0 Å². The minimum Gasteiger partial charge on any atom is -0.358 e. The molecule has 14 heavy (non-hydrogen) atoms. The molecule has 2 saturated heterocycles. The first kappa shape index (κ1) is 8.68. The smallest absolute Gasteiger partial charge is 0.182 e. The van der Waals surface area contributed by atoms with E-state index in [-0.39, 0.29) is 0 Å². The summed E-state index contributed by atoms with van der Waals surface area (Å²) < 4.78 is 0. The second-order valence-electron chi connectivity index (χ2n) is 4.23. The van der Waals surface area contributed by atoms with E-state index in [0.29, 0.717) is 6.04 Å². The lowest BCUT2D eigenvalue weighted by atomic mass is 9.94. The third kappa shape index (κ3) is 1.53. The number of nitrogens with zero attached hydrogens (tertiary/aromatic N) is 2. The van der Waals surface area contributed by atoms with Crippen molar-refractivity contribution in [1.82, 2.24) is 9.88 Å². The topological polar surface area (TPSA) is 28.2 Å². The predicted octanol–water partition coefficient (Wildman–Crippen LogP) is 1.65. The summed E-state index contributed by atoms with van der Waals surface area (Å²) in [5, 5.41) is 6.70. The van der Waals surface area contributed by atoms with E-state index in [1.165, 1.54) is 32.5 Å². The van der Waals surface area contributed by atoms with Crippen molar-refractivity contribution in [1.29, 1.82) is 0 Å². The van der Waals surface area contributed by atoms with Crippen LogP contribution >= 0.6 is 11.3 Å². The number of hydrogen-bond acceptors (Lipinski definition) is 4. The number of aromatic nitrogens is 1. The molecule has 0 radical (unpaired) electrons. The summed E-state index contributed by atoms with van der Waals surface area (Å²) in [6.07, 6.45) is 4.52. The van der Waals surface area contributed by atoms with Gasteiger partial charge in [0.2, 0.25) is 0 Å². The Kier molecular flexibility index (Phi) is 2.18. The van der Waals surface area contributed by atoms with Crippen molar-refractivity contribution in [2.75, 3.05) is 25.0 Å². The van der Waals surface area contributed by atoms with E-state index in [2.05, 4.69) is 15.2 Å². The molecule has 1 aromatic rings. The summed E-state index contributed by atoms with van der Waals surface area (Å²) in [4.78, 5) is 6.86. The molecule has 2 bridgehead atoms. The molecular formula is C10H15N3S. The molecular weight excluding hydrogens is 194 g/mol. The van der Waals surface area contributed by atoms with E-state index >= 15 is 0 Å². The Morgan fingerprint density at radius 3 is 3.21 bits per heavy atom. The van der Waals surface area contributed by atoms with Gasteiger partial charge in [-0.25, -0.2) is 4.98 Å². The van der Waals surface area contributed by atoms with Gasteiger partial charge in [-0.05, 0) is 25.3 Å². The molecule has 2 aliphatic heterocycles. The van der Waals surface area contributed by atoms with Crippen LogP contribution in [0.2, 0.25) is 0 Å². The van der Waals surface area contributed by atoms with Gasteiger partial charge >= 0.3 is 0 Å². The Hall–Kier alpha value is -0.610. The molecule has 0 saturated carbocycles. The molecule has 3 rings (SSSR count). The molecule has 4 heteroatoms. The van der Waals surface area contributed by atoms with Gasteiger partial charge in [-0.3, -0.25) is 0 Å². The highest BCUT2D eigenvalue weighted by molar-refractivity contribution is 7.13. The van der Waals surface area contributed by atoms with Crippen LogP contribution in [-0.4, -0.2) is 35.6 Å². The summed E-state index contributed by atoms with van der Waals surface area (Å²) in [5.74, 6) is 0.854. The number of hydrogen-bond donors (Lipinski definition) is 1. The highest BCUT2D eigenvalue weighted by atomic mass is 32.1. The van der Waals surface area contributed by atoms with E-state index in [9.17, 15) is 0 Å². The molecule has 1 aromatic heterocycles. The maximum atomic E-state index is 4.29. The Balaban J connectivity index is 1.67. The van der Waals surface area contributed by atoms with Crippen LogP contribution < -0.4 is 5.32 Å². The van der Waals surface area contributed by atoms with Crippen molar-refractivity contribution in [3.05, 3.63) is 11.6 Å². The van der Waals surface area contributed by atoms with Crippen molar-refractivity contribution in [2.45, 2.75) is 18.9 Å². The first-order valence-corrected chi connectivity index (χ1v) is 6.18. The van der Waals surface area contributed by atoms with Crippen LogP contribution in [0.4, 0.5) is 5.13 Å². The Morgan fingerprint density at radius 2 is 2.36 bits per heavy atom. The van der Waals surface area contributed by atoms with E-state index in [0.717, 1.165) is 11.0 Å². The number of anilines is 1. The Morgan fingerprint density at radius 1 is 1.43 bits per heavy atom. The lowest BCUT2D eigenvalue weighted by molar-refractivity contribution is 0.255. The van der Waals surface area contributed by atoms with Gasteiger partial charge < -0.3 is 10.2 Å². The van der Waals surface area contributed by atoms with Gasteiger partial charge in [0, 0.05) is 30.7 Å². The maximum Gasteiger partial charge on any atom is 0.182 e. The van der Waals surface area contributed by atoms with E-state index < -0.39 is 0 Å². The fourth-order valence-corrected chi connectivity index (χ4v) is 3.19. The molecule has 0 aromatic carbocycles. The molecule has 3 atom stereocenters. The summed E-state index contributed by atoms with van der Waals surface area (Å²) in [6, 6.07) is 0.667. The van der Waals surface area contributed by atoms with E-state index in [1.807, 2.05) is 11.6 Å². The fraction of sp³-hybridized carbons (Fsp3) is 0.700. The number of piperidine rings is 1. The second-order valence-corrected chi connectivity index (χ2v) is 5.12. The van der Waals surface area contributed by atoms with Crippen molar-refractivity contribution >= 4 is 16.5 Å². The SMILES string of the molecule is c1csc(NC2CCN3CCC2C3)n1. The van der Waals surface area contributed by atoms with Crippen LogP contribution in [0.5, 0.6) is 0 Å². The van der Waals surface area contributed by atoms with Gasteiger partial charge in [0.1, 0.15) is 0 Å². The fourth-order valence-electron chi connectivity index (χ4n) is 2.59. The predicted molar refractivity (Wildman–Crippen MR) is 58.7 cm³/mol. The zero-order chi connectivity index (χ0) is 9.38. The third-order valence-corrected chi connectivity index (χ3v) is 4.08. The van der Waals surface area contributed by atoms with Crippen molar-refractivity contribution in [2.24, 2.45) is 5.92 Å². The molecule has 3 nitrogen and oxygen atoms in total. The highest BCUT2D eigenvalue weighted by Gasteiger charge is 2.34. The number of fused-ring (bicyclic) bond motifs is 2. The van der Waals surface area contributed by atoms with Gasteiger partial charge in [0.25, 0.3) is 0 Å². The second kappa shape index (κ2) is 3.51. The monoisotopic (exact) mass is 209 g/mol. The number of rotatable bonds is 2. The van der Waals surface area contributed by atoms with Crippen molar-refractivity contribution in [3.63, 3.8) is 0 Å². The van der Waals surface area contributed by atoms with Gasteiger partial charge in [-0.1, -0.05) is 0 Å². The lowest BCUT2D eigenvalue weighted by Gasteiger charge is -2.30. The minimum atomic E-state index is 0.667. The molecule has 3 unspecified atom stereocenters. The zero-order valence-electron chi connectivity index (χ0n) is 8.15. The molecule has 0 spiro atoms. The average Bonchev–Trinajstić information content (AvgIpc) is 2.80. The van der Waals surface area contributed by atoms with E-state index in [4.69, 9.17) is 0 Å². The van der Waals surface area contributed by atoms with Gasteiger partial charge in [0.15, 0.2) is 5.13 Å². The quantitative estimate of drug-likeness (QED) is 0.802. The number of nitrogens with one attached hydrogen (secondary N) is 1. The van der Waals surface area contributed by atoms with Crippen molar-refractivity contribution in [3.8, 4) is 0 Å². The molecule has 2 aliphatic rings. The summed E-state index contributed by atoms with van der Waals surface area (Å²) in [5.41, 5.74) is 0. The Labute approximate surface area is 88.1 Å². The average molecular weight is 209 g/mol. The van der Waals surface area contributed by atoms with Crippen LogP contribution in [0.1, 0.15) is 12.8 Å². The summed E-state index contributed by atoms with van der Waals surface area (Å²) >= 11 is 1.71. The standard InChI is InChI=1S/C10H15N3S/c1-4-13-5-2-9(8(1)7-13)12-10-11-3-6-14-10/h3,6,8-9H,1-2,4-5,7H2,(H,11,12). The van der Waals surface area contributed by atoms with Gasteiger partial charge in [-0.2, -0.15) is 0 Å². The molecule has 2 fully saturated rings. The first-order chi connectivity index (χ1) is 6.92. The highest BCUT2D eigenvalue weighted by Crippen LogP contribution is 2.29. The third-order valence-electron chi connectivity index (χ3n) is 3.38. The van der Waals surface area contributed by atoms with Crippen LogP contribution in [-0.2, 0) is 0 Å². The van der Waals surface area contributed by atoms with Crippen LogP contribution in [0.15, 0.2) is 11.6 Å². The van der Waals surface area contributed by atoms with Gasteiger partial charge in [-0.15, -0.1) is 11.3 Å². The van der Waals surface area contributed by atoms with Crippen LogP contribution in [0.25, 0.3) is 0 Å².